The molecule has 3 nitrogen and oxygen atoms in total. The molecule has 1 aliphatic heterocycles. The van der Waals surface area contributed by atoms with Crippen LogP contribution in [0.5, 0.6) is 0 Å². The van der Waals surface area contributed by atoms with Crippen LogP contribution in [0.1, 0.15) is 47.5 Å². The zero-order chi connectivity index (χ0) is 12.3. The zero-order valence-corrected chi connectivity index (χ0v) is 11.2. The van der Waals surface area contributed by atoms with E-state index in [-0.39, 0.29) is 6.04 Å². The normalized spacial score (nSPS) is 21.5. The molecule has 1 heterocycles. The van der Waals surface area contributed by atoms with Gasteiger partial charge in [0.25, 0.3) is 0 Å². The summed E-state index contributed by atoms with van der Waals surface area (Å²) in [7, 11) is 0. The van der Waals surface area contributed by atoms with Crippen molar-refractivity contribution in [2.75, 3.05) is 6.61 Å². The second-order valence-electron chi connectivity index (χ2n) is 5.77. The minimum absolute atomic E-state index is 0.0858. The Morgan fingerprint density at radius 3 is 2.12 bits per heavy atom. The van der Waals surface area contributed by atoms with E-state index < -0.39 is 5.60 Å². The Bertz CT molecular complexity index is 249. The van der Waals surface area contributed by atoms with Crippen molar-refractivity contribution in [1.29, 1.82) is 0 Å². The van der Waals surface area contributed by atoms with E-state index in [2.05, 4.69) is 32.7 Å². The lowest BCUT2D eigenvalue weighted by Crippen LogP contribution is -2.44. The Balaban J connectivity index is 2.77. The maximum Gasteiger partial charge on any atom is 0.180 e. The number of rotatable bonds is 5. The van der Waals surface area contributed by atoms with Gasteiger partial charge in [0.05, 0.1) is 5.60 Å². The van der Waals surface area contributed by atoms with Gasteiger partial charge in [0, 0.05) is 6.92 Å². The number of hydrogen-bond donors (Lipinski definition) is 1. The fourth-order valence-corrected chi connectivity index (χ4v) is 2.54. The van der Waals surface area contributed by atoms with Crippen LogP contribution >= 0.6 is 0 Å². The monoisotopic (exact) mass is 227 g/mol. The van der Waals surface area contributed by atoms with Crippen molar-refractivity contribution in [3.05, 3.63) is 0 Å². The van der Waals surface area contributed by atoms with E-state index in [1.165, 1.54) is 0 Å². The van der Waals surface area contributed by atoms with Gasteiger partial charge in [0.15, 0.2) is 5.90 Å². The lowest BCUT2D eigenvalue weighted by atomic mass is 9.80. The molecule has 1 aliphatic rings. The predicted molar refractivity (Wildman–Crippen MR) is 66.7 cm³/mol. The summed E-state index contributed by atoms with van der Waals surface area (Å²) in [5.41, 5.74) is -0.708. The Labute approximate surface area is 98.9 Å². The van der Waals surface area contributed by atoms with Gasteiger partial charge in [-0.3, -0.25) is 0 Å². The number of aliphatic hydroxyl groups is 1. The third-order valence-corrected chi connectivity index (χ3v) is 2.93. The van der Waals surface area contributed by atoms with Gasteiger partial charge in [-0.1, -0.05) is 27.7 Å². The maximum absolute atomic E-state index is 10.8. The van der Waals surface area contributed by atoms with E-state index in [9.17, 15) is 5.11 Å². The lowest BCUT2D eigenvalue weighted by Gasteiger charge is -2.34. The van der Waals surface area contributed by atoms with E-state index >= 15 is 0 Å². The molecule has 1 atom stereocenters. The van der Waals surface area contributed by atoms with Crippen LogP contribution in [-0.2, 0) is 4.74 Å². The Kier molecular flexibility index (Phi) is 4.36. The smallest absolute Gasteiger partial charge is 0.180 e. The van der Waals surface area contributed by atoms with Gasteiger partial charge >= 0.3 is 0 Å². The Morgan fingerprint density at radius 2 is 1.81 bits per heavy atom. The number of hydrogen-bond acceptors (Lipinski definition) is 3. The van der Waals surface area contributed by atoms with Crippen molar-refractivity contribution >= 4 is 5.90 Å². The highest BCUT2D eigenvalue weighted by molar-refractivity contribution is 5.74. The fourth-order valence-electron chi connectivity index (χ4n) is 2.54. The van der Waals surface area contributed by atoms with E-state index in [0.717, 1.165) is 12.8 Å². The van der Waals surface area contributed by atoms with Gasteiger partial charge in [-0.05, 0) is 24.7 Å². The van der Waals surface area contributed by atoms with Crippen LogP contribution in [0.15, 0.2) is 4.99 Å². The van der Waals surface area contributed by atoms with Gasteiger partial charge in [-0.15, -0.1) is 0 Å². The maximum atomic E-state index is 10.8. The van der Waals surface area contributed by atoms with Gasteiger partial charge in [0.1, 0.15) is 12.6 Å². The van der Waals surface area contributed by atoms with Crippen molar-refractivity contribution in [3.8, 4) is 0 Å². The molecule has 94 valence electrons. The molecule has 0 fully saturated rings. The molecule has 0 aromatic rings. The minimum atomic E-state index is -0.708. The first-order valence-electron chi connectivity index (χ1n) is 6.23. The van der Waals surface area contributed by atoms with E-state index in [1.54, 1.807) is 0 Å². The molecule has 1 unspecified atom stereocenters. The number of aliphatic imine (C=N–C) groups is 1. The number of ether oxygens (including phenoxy) is 1. The SMILES string of the molecule is CC1=NC(C(O)(CC(C)C)CC(C)C)CO1. The average molecular weight is 227 g/mol. The van der Waals surface area contributed by atoms with Crippen LogP contribution in [0.25, 0.3) is 0 Å². The Morgan fingerprint density at radius 1 is 1.31 bits per heavy atom. The van der Waals surface area contributed by atoms with Crippen LogP contribution in [0.3, 0.4) is 0 Å². The van der Waals surface area contributed by atoms with Crippen LogP contribution < -0.4 is 0 Å². The van der Waals surface area contributed by atoms with Gasteiger partial charge in [-0.25, -0.2) is 4.99 Å². The molecule has 0 amide bonds. The largest absolute Gasteiger partial charge is 0.479 e. The number of nitrogens with zero attached hydrogens (tertiary/aromatic N) is 1. The second kappa shape index (κ2) is 5.17. The molecular formula is C13H25NO2. The van der Waals surface area contributed by atoms with Crippen LogP contribution in [0, 0.1) is 11.8 Å². The summed E-state index contributed by atoms with van der Waals surface area (Å²) >= 11 is 0. The first kappa shape index (κ1) is 13.5. The van der Waals surface area contributed by atoms with Crippen LogP contribution in [0.4, 0.5) is 0 Å². The first-order valence-corrected chi connectivity index (χ1v) is 6.23. The average Bonchev–Trinajstić information content (AvgIpc) is 2.48. The Hall–Kier alpha value is -0.570. The highest BCUT2D eigenvalue weighted by Crippen LogP contribution is 2.32. The summed E-state index contributed by atoms with van der Waals surface area (Å²) in [5, 5.41) is 10.8. The fraction of sp³-hybridized carbons (Fsp3) is 0.923. The lowest BCUT2D eigenvalue weighted by molar-refractivity contribution is -0.0272. The summed E-state index contributed by atoms with van der Waals surface area (Å²) < 4.78 is 5.36. The molecule has 0 saturated heterocycles. The van der Waals surface area contributed by atoms with Gasteiger partial charge < -0.3 is 9.84 Å². The molecule has 0 radical (unpaired) electrons. The molecule has 0 saturated carbocycles. The van der Waals surface area contributed by atoms with E-state index in [1.807, 2.05) is 6.92 Å². The third kappa shape index (κ3) is 3.48. The molecule has 0 aliphatic carbocycles. The van der Waals surface area contributed by atoms with Crippen molar-refractivity contribution in [1.82, 2.24) is 0 Å². The first-order chi connectivity index (χ1) is 7.33. The highest BCUT2D eigenvalue weighted by atomic mass is 16.5. The second-order valence-corrected chi connectivity index (χ2v) is 5.77. The summed E-state index contributed by atoms with van der Waals surface area (Å²) in [4.78, 5) is 4.41. The molecular weight excluding hydrogens is 202 g/mol. The zero-order valence-electron chi connectivity index (χ0n) is 11.2. The van der Waals surface area contributed by atoms with Gasteiger partial charge in [-0.2, -0.15) is 0 Å². The third-order valence-electron chi connectivity index (χ3n) is 2.93. The molecule has 1 rings (SSSR count). The van der Waals surface area contributed by atoms with E-state index in [0.29, 0.717) is 24.3 Å². The van der Waals surface area contributed by atoms with Crippen molar-refractivity contribution in [3.63, 3.8) is 0 Å². The van der Waals surface area contributed by atoms with Crippen molar-refractivity contribution < 1.29 is 9.84 Å². The summed E-state index contributed by atoms with van der Waals surface area (Å²) in [6, 6.07) is -0.0858. The quantitative estimate of drug-likeness (QED) is 0.784. The molecule has 0 bridgehead atoms. The van der Waals surface area contributed by atoms with E-state index in [4.69, 9.17) is 4.74 Å². The van der Waals surface area contributed by atoms with Crippen molar-refractivity contribution in [2.45, 2.75) is 59.1 Å². The van der Waals surface area contributed by atoms with Crippen LogP contribution in [-0.4, -0.2) is 29.3 Å². The topological polar surface area (TPSA) is 41.8 Å². The summed E-state index contributed by atoms with van der Waals surface area (Å²) in [6.45, 7) is 10.9. The molecule has 0 aromatic carbocycles. The summed E-state index contributed by atoms with van der Waals surface area (Å²) in [6.07, 6.45) is 1.58. The molecule has 0 aromatic heterocycles. The molecule has 16 heavy (non-hydrogen) atoms. The summed E-state index contributed by atoms with van der Waals surface area (Å²) in [5.74, 6) is 1.65. The van der Waals surface area contributed by atoms with Crippen LogP contribution in [0.2, 0.25) is 0 Å². The predicted octanol–water partition coefficient (Wildman–Crippen LogP) is 2.63. The molecule has 0 spiro atoms. The standard InChI is InChI=1S/C13H25NO2/c1-9(2)6-13(15,7-10(3)4)12-8-16-11(5)14-12/h9-10,12,15H,6-8H2,1-5H3. The molecule has 1 N–H and O–H groups in total. The highest BCUT2D eigenvalue weighted by Gasteiger charge is 2.40. The van der Waals surface area contributed by atoms with Gasteiger partial charge in [0.2, 0.25) is 0 Å². The molecule has 3 heteroatoms. The van der Waals surface area contributed by atoms with Crippen molar-refractivity contribution in [2.24, 2.45) is 16.8 Å². The minimum Gasteiger partial charge on any atom is -0.479 e.